The Morgan fingerprint density at radius 3 is 2.42 bits per heavy atom. The smallest absolute Gasteiger partial charge is 0.271 e. The highest BCUT2D eigenvalue weighted by Crippen LogP contribution is 2.28. The van der Waals surface area contributed by atoms with E-state index in [1.807, 2.05) is 0 Å². The van der Waals surface area contributed by atoms with Crippen molar-refractivity contribution in [3.8, 4) is 6.07 Å². The summed E-state index contributed by atoms with van der Waals surface area (Å²) in [5.41, 5.74) is -0.0940. The van der Waals surface area contributed by atoms with Crippen LogP contribution in [0.2, 0.25) is 15.1 Å². The van der Waals surface area contributed by atoms with Crippen molar-refractivity contribution in [1.82, 2.24) is 0 Å². The zero-order chi connectivity index (χ0) is 19.3. The fourth-order valence-electron chi connectivity index (χ4n) is 1.82. The summed E-state index contributed by atoms with van der Waals surface area (Å²) < 4.78 is 0. The maximum atomic E-state index is 12.2. The van der Waals surface area contributed by atoms with E-state index in [-0.39, 0.29) is 32.7 Å². The van der Waals surface area contributed by atoms with E-state index in [0.717, 1.165) is 6.20 Å². The summed E-state index contributed by atoms with van der Waals surface area (Å²) in [4.78, 5) is 22.4. The van der Waals surface area contributed by atoms with Gasteiger partial charge in [-0.15, -0.1) is 0 Å². The molecule has 2 rings (SSSR count). The number of hydrogen-bond acceptors (Lipinski definition) is 5. The number of nitro groups is 1. The molecule has 0 spiro atoms. The molecule has 0 bridgehead atoms. The Morgan fingerprint density at radius 1 is 1.12 bits per heavy atom. The minimum Gasteiger partial charge on any atom is -0.359 e. The number of amides is 1. The topological polar surface area (TPSA) is 108 Å². The third-order valence-electron chi connectivity index (χ3n) is 3.07. The molecule has 0 radical (unpaired) electrons. The number of halogens is 3. The summed E-state index contributed by atoms with van der Waals surface area (Å²) in [6.07, 6.45) is 1.08. The van der Waals surface area contributed by atoms with Crippen molar-refractivity contribution < 1.29 is 9.72 Å². The zero-order valence-corrected chi connectivity index (χ0v) is 15.1. The maximum Gasteiger partial charge on any atom is 0.271 e. The van der Waals surface area contributed by atoms with Crippen LogP contribution >= 0.6 is 34.8 Å². The molecule has 132 valence electrons. The number of anilines is 2. The third kappa shape index (κ3) is 4.86. The minimum atomic E-state index is -0.745. The predicted octanol–water partition coefficient (Wildman–Crippen LogP) is 5.01. The molecular weight excluding hydrogens is 403 g/mol. The molecule has 0 aromatic heterocycles. The van der Waals surface area contributed by atoms with Crippen molar-refractivity contribution in [2.75, 3.05) is 10.6 Å². The number of non-ortho nitro benzene ring substituents is 1. The number of benzene rings is 2. The van der Waals surface area contributed by atoms with Crippen molar-refractivity contribution in [2.45, 2.75) is 0 Å². The lowest BCUT2D eigenvalue weighted by atomic mass is 10.2. The number of carbonyl (C=O) groups is 1. The summed E-state index contributed by atoms with van der Waals surface area (Å²) >= 11 is 17.7. The van der Waals surface area contributed by atoms with Crippen LogP contribution in [-0.2, 0) is 4.79 Å². The highest BCUT2D eigenvalue weighted by molar-refractivity contribution is 6.36. The lowest BCUT2D eigenvalue weighted by molar-refractivity contribution is -0.384. The van der Waals surface area contributed by atoms with Crippen molar-refractivity contribution in [3.63, 3.8) is 0 Å². The number of rotatable bonds is 5. The standard InChI is InChI=1S/C16H9Cl3N4O3/c17-10-1-3-13(19)15(5-10)22-16(24)9(7-20)8-21-14-6-11(23(25)26)2-4-12(14)18/h1-6,8,21H,(H,22,24)/b9-8-. The van der Waals surface area contributed by atoms with Gasteiger partial charge in [0.1, 0.15) is 11.6 Å². The van der Waals surface area contributed by atoms with Gasteiger partial charge in [-0.2, -0.15) is 5.26 Å². The van der Waals surface area contributed by atoms with Crippen molar-refractivity contribution in [2.24, 2.45) is 0 Å². The molecule has 2 aromatic carbocycles. The fraction of sp³-hybridized carbons (Fsp3) is 0. The van der Waals surface area contributed by atoms with Gasteiger partial charge in [-0.25, -0.2) is 0 Å². The third-order valence-corrected chi connectivity index (χ3v) is 3.97. The number of nitro benzene ring substituents is 1. The predicted molar refractivity (Wildman–Crippen MR) is 101 cm³/mol. The molecule has 26 heavy (non-hydrogen) atoms. The van der Waals surface area contributed by atoms with Crippen molar-refractivity contribution >= 4 is 57.8 Å². The normalized spacial score (nSPS) is 10.8. The Kier molecular flexibility index (Phi) is 6.41. The molecule has 1 amide bonds. The molecule has 2 aromatic rings. The molecule has 0 atom stereocenters. The highest BCUT2D eigenvalue weighted by Gasteiger charge is 2.13. The van der Waals surface area contributed by atoms with Gasteiger partial charge in [0.25, 0.3) is 11.6 Å². The number of nitrogens with one attached hydrogen (secondary N) is 2. The number of hydrogen-bond donors (Lipinski definition) is 2. The van der Waals surface area contributed by atoms with E-state index in [4.69, 9.17) is 40.1 Å². The first kappa shape index (κ1) is 19.5. The average molecular weight is 412 g/mol. The largest absolute Gasteiger partial charge is 0.359 e. The molecule has 10 heteroatoms. The molecular formula is C16H9Cl3N4O3. The lowest BCUT2D eigenvalue weighted by Gasteiger charge is -2.08. The van der Waals surface area contributed by atoms with Gasteiger partial charge in [-0.05, 0) is 24.3 Å². The van der Waals surface area contributed by atoms with Crippen LogP contribution in [0.25, 0.3) is 0 Å². The molecule has 2 N–H and O–H groups in total. The SMILES string of the molecule is N#C/C(=C/Nc1cc([N+](=O)[O-])ccc1Cl)C(=O)Nc1cc(Cl)ccc1Cl. The number of nitrogens with zero attached hydrogens (tertiary/aromatic N) is 2. The Hall–Kier alpha value is -2.79. The lowest BCUT2D eigenvalue weighted by Crippen LogP contribution is -2.15. The summed E-state index contributed by atoms with van der Waals surface area (Å²) in [6, 6.07) is 9.93. The van der Waals surface area contributed by atoms with Crippen LogP contribution in [0.15, 0.2) is 48.2 Å². The van der Waals surface area contributed by atoms with Gasteiger partial charge in [0.2, 0.25) is 0 Å². The average Bonchev–Trinajstić information content (AvgIpc) is 2.59. The summed E-state index contributed by atoms with van der Waals surface area (Å²) in [7, 11) is 0. The van der Waals surface area contributed by atoms with E-state index in [1.165, 1.54) is 30.3 Å². The second kappa shape index (κ2) is 8.54. The molecule has 0 fully saturated rings. The Balaban J connectivity index is 2.21. The summed E-state index contributed by atoms with van der Waals surface area (Å²) in [5, 5.41) is 25.8. The fourth-order valence-corrected chi connectivity index (χ4v) is 2.33. The quantitative estimate of drug-likeness (QED) is 0.311. The molecule has 0 heterocycles. The van der Waals surface area contributed by atoms with Crippen LogP contribution < -0.4 is 10.6 Å². The van der Waals surface area contributed by atoms with Crippen LogP contribution in [0.1, 0.15) is 0 Å². The second-order valence-electron chi connectivity index (χ2n) is 4.81. The molecule has 0 aliphatic heterocycles. The van der Waals surface area contributed by atoms with Gasteiger partial charge in [0, 0.05) is 23.4 Å². The molecule has 0 saturated carbocycles. The second-order valence-corrected chi connectivity index (χ2v) is 6.06. The van der Waals surface area contributed by atoms with E-state index < -0.39 is 10.8 Å². The maximum absolute atomic E-state index is 12.2. The first-order valence-electron chi connectivity index (χ1n) is 6.89. The first-order chi connectivity index (χ1) is 12.3. The van der Waals surface area contributed by atoms with Gasteiger partial charge in [-0.1, -0.05) is 34.8 Å². The van der Waals surface area contributed by atoms with Crippen LogP contribution in [0.5, 0.6) is 0 Å². The zero-order valence-electron chi connectivity index (χ0n) is 12.8. The molecule has 0 unspecified atom stereocenters. The van der Waals surface area contributed by atoms with E-state index in [0.29, 0.717) is 5.02 Å². The van der Waals surface area contributed by atoms with Gasteiger partial charge < -0.3 is 10.6 Å². The summed E-state index contributed by atoms with van der Waals surface area (Å²) in [5.74, 6) is -0.745. The van der Waals surface area contributed by atoms with Crippen LogP contribution in [0, 0.1) is 21.4 Å². The van der Waals surface area contributed by atoms with Crippen molar-refractivity contribution in [3.05, 3.63) is 73.4 Å². The van der Waals surface area contributed by atoms with E-state index in [1.54, 1.807) is 12.1 Å². The van der Waals surface area contributed by atoms with Gasteiger partial charge in [-0.3, -0.25) is 14.9 Å². The Labute approximate surface area is 162 Å². The number of carbonyl (C=O) groups excluding carboxylic acids is 1. The van der Waals surface area contributed by atoms with E-state index >= 15 is 0 Å². The molecule has 0 aliphatic rings. The van der Waals surface area contributed by atoms with E-state index in [9.17, 15) is 14.9 Å². The Morgan fingerprint density at radius 2 is 1.77 bits per heavy atom. The van der Waals surface area contributed by atoms with Crippen LogP contribution in [0.3, 0.4) is 0 Å². The van der Waals surface area contributed by atoms with Gasteiger partial charge in [0.05, 0.1) is 26.3 Å². The van der Waals surface area contributed by atoms with Gasteiger partial charge in [0.15, 0.2) is 0 Å². The first-order valence-corrected chi connectivity index (χ1v) is 8.02. The molecule has 0 saturated heterocycles. The number of nitriles is 1. The monoisotopic (exact) mass is 410 g/mol. The molecule has 7 nitrogen and oxygen atoms in total. The van der Waals surface area contributed by atoms with Crippen LogP contribution in [-0.4, -0.2) is 10.8 Å². The van der Waals surface area contributed by atoms with Crippen LogP contribution in [0.4, 0.5) is 17.1 Å². The van der Waals surface area contributed by atoms with Crippen molar-refractivity contribution in [1.29, 1.82) is 5.26 Å². The molecule has 0 aliphatic carbocycles. The van der Waals surface area contributed by atoms with E-state index in [2.05, 4.69) is 10.6 Å². The highest BCUT2D eigenvalue weighted by atomic mass is 35.5. The Bertz CT molecular complexity index is 954. The minimum absolute atomic E-state index is 0.169. The van der Waals surface area contributed by atoms with Gasteiger partial charge >= 0.3 is 0 Å². The summed E-state index contributed by atoms with van der Waals surface area (Å²) in [6.45, 7) is 0.